The smallest absolute Gasteiger partial charge is 0.237 e. The molecule has 0 saturated heterocycles. The quantitative estimate of drug-likeness (QED) is 0.501. The number of carbonyl (C=O) groups is 1. The summed E-state index contributed by atoms with van der Waals surface area (Å²) in [6.07, 6.45) is 0. The zero-order valence-electron chi connectivity index (χ0n) is 14.1. The van der Waals surface area contributed by atoms with Crippen molar-refractivity contribution in [2.75, 3.05) is 10.6 Å². The summed E-state index contributed by atoms with van der Waals surface area (Å²) < 4.78 is 1.65. The molecule has 0 spiro atoms. The minimum absolute atomic E-state index is 0.195. The number of rotatable bonds is 6. The third-order valence-electron chi connectivity index (χ3n) is 3.43. The standard InChI is InChI=1S/C18H14BrN5OS2/c1-11(16(25)22-15-8-3-2-5-12(15)10-20)26-18-24-23-17(27-18)21-14-7-4-6-13(19)9-14/h2-9,11H,1H3,(H,21,23)(H,22,25). The average molecular weight is 460 g/mol. The van der Waals surface area contributed by atoms with Gasteiger partial charge in [-0.05, 0) is 37.3 Å². The third-order valence-corrected chi connectivity index (χ3v) is 5.95. The van der Waals surface area contributed by atoms with Gasteiger partial charge in [0.1, 0.15) is 6.07 Å². The van der Waals surface area contributed by atoms with Crippen LogP contribution < -0.4 is 10.6 Å². The van der Waals surface area contributed by atoms with E-state index in [4.69, 9.17) is 5.26 Å². The first-order valence-corrected chi connectivity index (χ1v) is 10.4. The van der Waals surface area contributed by atoms with Crippen LogP contribution in [-0.2, 0) is 4.79 Å². The molecule has 0 bridgehead atoms. The van der Waals surface area contributed by atoms with Crippen molar-refractivity contribution >= 4 is 61.4 Å². The lowest BCUT2D eigenvalue weighted by atomic mass is 10.2. The van der Waals surface area contributed by atoms with Crippen LogP contribution in [-0.4, -0.2) is 21.4 Å². The van der Waals surface area contributed by atoms with Crippen molar-refractivity contribution in [3.63, 3.8) is 0 Å². The van der Waals surface area contributed by atoms with Gasteiger partial charge in [0, 0.05) is 10.2 Å². The zero-order chi connectivity index (χ0) is 19.2. The van der Waals surface area contributed by atoms with Crippen molar-refractivity contribution < 1.29 is 4.79 Å². The van der Waals surface area contributed by atoms with E-state index in [1.54, 1.807) is 31.2 Å². The number of benzene rings is 2. The number of thioether (sulfide) groups is 1. The Morgan fingerprint density at radius 2 is 2.07 bits per heavy atom. The summed E-state index contributed by atoms with van der Waals surface area (Å²) in [5.74, 6) is -0.195. The Kier molecular flexibility index (Phi) is 6.45. The number of hydrogen-bond acceptors (Lipinski definition) is 7. The van der Waals surface area contributed by atoms with E-state index in [9.17, 15) is 4.79 Å². The molecule has 0 radical (unpaired) electrons. The lowest BCUT2D eigenvalue weighted by Crippen LogP contribution is -2.22. The minimum Gasteiger partial charge on any atom is -0.330 e. The minimum atomic E-state index is -0.386. The molecule has 136 valence electrons. The first-order valence-electron chi connectivity index (χ1n) is 7.88. The van der Waals surface area contributed by atoms with Gasteiger partial charge in [-0.3, -0.25) is 4.79 Å². The molecule has 0 fully saturated rings. The van der Waals surface area contributed by atoms with Crippen molar-refractivity contribution in [2.45, 2.75) is 16.5 Å². The van der Waals surface area contributed by atoms with Gasteiger partial charge in [0.2, 0.25) is 11.0 Å². The van der Waals surface area contributed by atoms with Crippen molar-refractivity contribution in [3.05, 3.63) is 58.6 Å². The van der Waals surface area contributed by atoms with Gasteiger partial charge in [-0.2, -0.15) is 5.26 Å². The molecule has 1 unspecified atom stereocenters. The van der Waals surface area contributed by atoms with Crippen LogP contribution in [0.25, 0.3) is 0 Å². The highest BCUT2D eigenvalue weighted by Gasteiger charge is 2.18. The monoisotopic (exact) mass is 459 g/mol. The summed E-state index contributed by atoms with van der Waals surface area (Å²) in [6, 6.07) is 16.7. The number of nitrogens with zero attached hydrogens (tertiary/aromatic N) is 3. The number of hydrogen-bond donors (Lipinski definition) is 2. The Labute approximate surface area is 173 Å². The molecule has 1 heterocycles. The fourth-order valence-electron chi connectivity index (χ4n) is 2.13. The van der Waals surface area contributed by atoms with Gasteiger partial charge in [0.15, 0.2) is 4.34 Å². The predicted molar refractivity (Wildman–Crippen MR) is 112 cm³/mol. The molecule has 3 rings (SSSR count). The molecule has 0 aliphatic heterocycles. The van der Waals surface area contributed by atoms with Crippen LogP contribution in [0, 0.1) is 11.3 Å². The van der Waals surface area contributed by atoms with Crippen LogP contribution in [0.1, 0.15) is 12.5 Å². The molecule has 2 N–H and O–H groups in total. The Morgan fingerprint density at radius 3 is 2.85 bits per heavy atom. The fraction of sp³-hybridized carbons (Fsp3) is 0.111. The molecule has 6 nitrogen and oxygen atoms in total. The number of anilines is 3. The number of para-hydroxylation sites is 1. The molecule has 1 atom stereocenters. The second kappa shape index (κ2) is 8.99. The summed E-state index contributed by atoms with van der Waals surface area (Å²) >= 11 is 6.12. The summed E-state index contributed by atoms with van der Waals surface area (Å²) in [5.41, 5.74) is 1.84. The van der Waals surface area contributed by atoms with Crippen LogP contribution in [0.3, 0.4) is 0 Å². The maximum absolute atomic E-state index is 12.4. The number of nitriles is 1. The highest BCUT2D eigenvalue weighted by Crippen LogP contribution is 2.31. The van der Waals surface area contributed by atoms with Gasteiger partial charge < -0.3 is 10.6 Å². The summed E-state index contributed by atoms with van der Waals surface area (Å²) in [7, 11) is 0. The van der Waals surface area contributed by atoms with Gasteiger partial charge in [-0.1, -0.05) is 57.2 Å². The van der Waals surface area contributed by atoms with Crippen molar-refractivity contribution in [2.24, 2.45) is 0 Å². The molecular weight excluding hydrogens is 446 g/mol. The summed E-state index contributed by atoms with van der Waals surface area (Å²) in [5, 5.41) is 23.6. The van der Waals surface area contributed by atoms with E-state index in [1.807, 2.05) is 24.3 Å². The maximum Gasteiger partial charge on any atom is 0.237 e. The van der Waals surface area contributed by atoms with Gasteiger partial charge in [0.05, 0.1) is 16.5 Å². The topological polar surface area (TPSA) is 90.7 Å². The zero-order valence-corrected chi connectivity index (χ0v) is 17.4. The van der Waals surface area contributed by atoms with Crippen molar-refractivity contribution in [1.29, 1.82) is 5.26 Å². The molecule has 2 aromatic carbocycles. The molecule has 9 heteroatoms. The summed E-state index contributed by atoms with van der Waals surface area (Å²) in [4.78, 5) is 12.4. The molecule has 27 heavy (non-hydrogen) atoms. The SMILES string of the molecule is CC(Sc1nnc(Nc2cccc(Br)c2)s1)C(=O)Nc1ccccc1C#N. The van der Waals surface area contributed by atoms with Crippen LogP contribution in [0.5, 0.6) is 0 Å². The van der Waals surface area contributed by atoms with E-state index in [1.165, 1.54) is 23.1 Å². The number of amides is 1. The van der Waals surface area contributed by atoms with E-state index in [-0.39, 0.29) is 11.2 Å². The second-order valence-corrected chi connectivity index (χ2v) is 8.90. The van der Waals surface area contributed by atoms with Crippen molar-refractivity contribution in [1.82, 2.24) is 10.2 Å². The molecule has 1 amide bonds. The van der Waals surface area contributed by atoms with Crippen LogP contribution in [0.2, 0.25) is 0 Å². The maximum atomic E-state index is 12.4. The second-order valence-electron chi connectivity index (χ2n) is 5.42. The van der Waals surface area contributed by atoms with E-state index >= 15 is 0 Å². The molecule has 0 aliphatic rings. The van der Waals surface area contributed by atoms with Crippen molar-refractivity contribution in [3.8, 4) is 6.07 Å². The van der Waals surface area contributed by atoms with Crippen LogP contribution in [0.4, 0.5) is 16.5 Å². The predicted octanol–water partition coefficient (Wildman–Crippen LogP) is 5.04. The van der Waals surface area contributed by atoms with Gasteiger partial charge >= 0.3 is 0 Å². The molecule has 0 aliphatic carbocycles. The molecule has 1 aromatic heterocycles. The number of halogens is 1. The van der Waals surface area contributed by atoms with E-state index in [0.717, 1.165) is 10.2 Å². The van der Waals surface area contributed by atoms with E-state index in [0.29, 0.717) is 20.7 Å². The molecule has 3 aromatic rings. The average Bonchev–Trinajstić information content (AvgIpc) is 3.09. The molecule has 0 saturated carbocycles. The van der Waals surface area contributed by atoms with Gasteiger partial charge in [-0.15, -0.1) is 10.2 Å². The number of nitrogens with one attached hydrogen (secondary N) is 2. The Morgan fingerprint density at radius 1 is 1.26 bits per heavy atom. The van der Waals surface area contributed by atoms with Crippen LogP contribution >= 0.6 is 39.0 Å². The van der Waals surface area contributed by atoms with E-state index < -0.39 is 0 Å². The lowest BCUT2D eigenvalue weighted by Gasteiger charge is -2.11. The number of carbonyl (C=O) groups excluding carboxylic acids is 1. The number of aromatic nitrogens is 2. The van der Waals surface area contributed by atoms with Gasteiger partial charge in [-0.25, -0.2) is 0 Å². The Balaban J connectivity index is 1.61. The highest BCUT2D eigenvalue weighted by molar-refractivity contribution is 9.10. The Hall–Kier alpha value is -2.41. The fourth-order valence-corrected chi connectivity index (χ4v) is 4.44. The lowest BCUT2D eigenvalue weighted by molar-refractivity contribution is -0.115. The third kappa shape index (κ3) is 5.29. The molecular formula is C18H14BrN5OS2. The summed E-state index contributed by atoms with van der Waals surface area (Å²) in [6.45, 7) is 1.79. The van der Waals surface area contributed by atoms with Gasteiger partial charge in [0.25, 0.3) is 0 Å². The van der Waals surface area contributed by atoms with E-state index in [2.05, 4.69) is 42.8 Å². The van der Waals surface area contributed by atoms with Crippen LogP contribution in [0.15, 0.2) is 57.3 Å². The highest BCUT2D eigenvalue weighted by atomic mass is 79.9. The Bertz CT molecular complexity index is 1000. The largest absolute Gasteiger partial charge is 0.330 e. The first-order chi connectivity index (χ1) is 13.0. The first kappa shape index (κ1) is 19.4. The normalized spacial score (nSPS) is 11.4.